The monoisotopic (exact) mass is 222 g/mol. The Labute approximate surface area is 96.0 Å². The smallest absolute Gasteiger partial charge is 0.128 e. The molecule has 0 bridgehead atoms. The molecule has 0 radical (unpaired) electrons. The summed E-state index contributed by atoms with van der Waals surface area (Å²) in [4.78, 5) is 0. The first kappa shape index (κ1) is 11.3. The number of rotatable bonds is 5. The predicted octanol–water partition coefficient (Wildman–Crippen LogP) is 2.54. The summed E-state index contributed by atoms with van der Waals surface area (Å²) in [5.74, 6) is 2.20. The molecule has 1 aromatic carbocycles. The van der Waals surface area contributed by atoms with Crippen molar-refractivity contribution in [2.75, 3.05) is 13.7 Å². The molecule has 88 valence electrons. The van der Waals surface area contributed by atoms with Crippen LogP contribution in [0.5, 0.6) is 11.5 Å². The van der Waals surface area contributed by atoms with Gasteiger partial charge in [-0.15, -0.1) is 0 Å². The normalized spacial score (nSPS) is 16.9. The maximum Gasteiger partial charge on any atom is 0.128 e. The summed E-state index contributed by atoms with van der Waals surface area (Å²) in [5, 5.41) is 9.63. The highest BCUT2D eigenvalue weighted by Crippen LogP contribution is 2.33. The molecule has 1 N–H and O–H groups in total. The lowest BCUT2D eigenvalue weighted by Gasteiger charge is -2.14. The van der Waals surface area contributed by atoms with Crippen LogP contribution in [0.25, 0.3) is 0 Å². The predicted molar refractivity (Wildman–Crippen MR) is 61.8 cm³/mol. The van der Waals surface area contributed by atoms with Crippen LogP contribution in [0.3, 0.4) is 0 Å². The van der Waals surface area contributed by atoms with Crippen LogP contribution in [0.15, 0.2) is 18.2 Å². The second kappa shape index (κ2) is 4.74. The molecule has 1 saturated carbocycles. The molecule has 2 rings (SSSR count). The van der Waals surface area contributed by atoms with Gasteiger partial charge in [0.1, 0.15) is 11.5 Å². The lowest BCUT2D eigenvalue weighted by atomic mass is 10.1. The number of aliphatic hydroxyl groups excluding tert-OH is 1. The minimum atomic E-state index is -0.514. The fourth-order valence-electron chi connectivity index (χ4n) is 1.60. The van der Waals surface area contributed by atoms with Gasteiger partial charge in [0, 0.05) is 11.6 Å². The largest absolute Gasteiger partial charge is 0.497 e. The van der Waals surface area contributed by atoms with E-state index in [1.807, 2.05) is 18.2 Å². The third-order valence-electron chi connectivity index (χ3n) is 2.84. The average Bonchev–Trinajstić information content (AvgIpc) is 3.09. The average molecular weight is 222 g/mol. The Bertz CT molecular complexity index is 356. The number of benzene rings is 1. The second-order valence-corrected chi connectivity index (χ2v) is 4.33. The molecule has 1 aliphatic rings. The summed E-state index contributed by atoms with van der Waals surface area (Å²) in [6, 6.07) is 5.53. The van der Waals surface area contributed by atoms with Crippen LogP contribution in [0.4, 0.5) is 0 Å². The minimum absolute atomic E-state index is 0.514. The van der Waals surface area contributed by atoms with Crippen molar-refractivity contribution < 1.29 is 14.6 Å². The van der Waals surface area contributed by atoms with Crippen molar-refractivity contribution in [3.8, 4) is 11.5 Å². The number of aliphatic hydroxyl groups is 1. The fraction of sp³-hybridized carbons (Fsp3) is 0.538. The Balaban J connectivity index is 2.14. The van der Waals surface area contributed by atoms with Gasteiger partial charge in [0.05, 0.1) is 19.8 Å². The lowest BCUT2D eigenvalue weighted by Crippen LogP contribution is -2.04. The first-order chi connectivity index (χ1) is 7.70. The Morgan fingerprint density at radius 1 is 1.44 bits per heavy atom. The highest BCUT2D eigenvalue weighted by Gasteiger charge is 2.22. The summed E-state index contributed by atoms with van der Waals surface area (Å²) >= 11 is 0. The number of hydrogen-bond acceptors (Lipinski definition) is 3. The van der Waals surface area contributed by atoms with E-state index in [0.29, 0.717) is 5.92 Å². The first-order valence-corrected chi connectivity index (χ1v) is 5.69. The van der Waals surface area contributed by atoms with Gasteiger partial charge in [-0.3, -0.25) is 0 Å². The van der Waals surface area contributed by atoms with E-state index in [1.54, 1.807) is 14.0 Å². The zero-order chi connectivity index (χ0) is 11.5. The van der Waals surface area contributed by atoms with Crippen molar-refractivity contribution in [2.24, 2.45) is 5.92 Å². The summed E-state index contributed by atoms with van der Waals surface area (Å²) in [5.41, 5.74) is 0.821. The molecule has 0 aliphatic heterocycles. The summed E-state index contributed by atoms with van der Waals surface area (Å²) in [6.07, 6.45) is 2.00. The lowest BCUT2D eigenvalue weighted by molar-refractivity contribution is 0.190. The van der Waals surface area contributed by atoms with Crippen LogP contribution in [0.1, 0.15) is 31.4 Å². The summed E-state index contributed by atoms with van der Waals surface area (Å²) < 4.78 is 10.9. The van der Waals surface area contributed by atoms with Gasteiger partial charge in [-0.1, -0.05) is 0 Å². The molecular weight excluding hydrogens is 204 g/mol. The number of ether oxygens (including phenoxy) is 2. The van der Waals surface area contributed by atoms with Gasteiger partial charge in [0.15, 0.2) is 0 Å². The molecule has 1 aliphatic carbocycles. The van der Waals surface area contributed by atoms with E-state index < -0.39 is 6.10 Å². The van der Waals surface area contributed by atoms with Crippen LogP contribution in [0.2, 0.25) is 0 Å². The van der Waals surface area contributed by atoms with Gasteiger partial charge in [0.25, 0.3) is 0 Å². The van der Waals surface area contributed by atoms with E-state index in [0.717, 1.165) is 23.7 Å². The molecule has 1 atom stereocenters. The van der Waals surface area contributed by atoms with E-state index in [2.05, 4.69) is 0 Å². The quantitative estimate of drug-likeness (QED) is 0.832. The van der Waals surface area contributed by atoms with Crippen LogP contribution >= 0.6 is 0 Å². The highest BCUT2D eigenvalue weighted by atomic mass is 16.5. The molecule has 0 spiro atoms. The van der Waals surface area contributed by atoms with Crippen LogP contribution in [-0.4, -0.2) is 18.8 Å². The van der Waals surface area contributed by atoms with Crippen LogP contribution in [-0.2, 0) is 0 Å². The highest BCUT2D eigenvalue weighted by molar-refractivity contribution is 5.41. The molecule has 0 aromatic heterocycles. The third-order valence-corrected chi connectivity index (χ3v) is 2.84. The second-order valence-electron chi connectivity index (χ2n) is 4.33. The van der Waals surface area contributed by atoms with Gasteiger partial charge in [-0.05, 0) is 37.8 Å². The maximum atomic E-state index is 9.63. The molecule has 16 heavy (non-hydrogen) atoms. The number of methoxy groups -OCH3 is 1. The van der Waals surface area contributed by atoms with Crippen LogP contribution in [0, 0.1) is 5.92 Å². The van der Waals surface area contributed by atoms with E-state index in [1.165, 1.54) is 12.8 Å². The SMILES string of the molecule is COc1ccc(C(C)O)c(OCC2CC2)c1. The zero-order valence-electron chi connectivity index (χ0n) is 9.77. The van der Waals surface area contributed by atoms with Crippen molar-refractivity contribution in [1.82, 2.24) is 0 Å². The first-order valence-electron chi connectivity index (χ1n) is 5.69. The standard InChI is InChI=1S/C13H18O3/c1-9(14)12-6-5-11(15-2)7-13(12)16-8-10-3-4-10/h5-7,9-10,14H,3-4,8H2,1-2H3. The minimum Gasteiger partial charge on any atom is -0.497 e. The van der Waals surface area contributed by atoms with E-state index in [-0.39, 0.29) is 0 Å². The molecular formula is C13H18O3. The maximum absolute atomic E-state index is 9.63. The van der Waals surface area contributed by atoms with Gasteiger partial charge in [0.2, 0.25) is 0 Å². The van der Waals surface area contributed by atoms with Gasteiger partial charge < -0.3 is 14.6 Å². The van der Waals surface area contributed by atoms with E-state index in [9.17, 15) is 5.11 Å². The molecule has 1 fully saturated rings. The zero-order valence-corrected chi connectivity index (χ0v) is 9.77. The summed E-state index contributed by atoms with van der Waals surface area (Å²) in [7, 11) is 1.63. The Kier molecular flexibility index (Phi) is 3.34. The molecule has 0 heterocycles. The Hall–Kier alpha value is -1.22. The van der Waals surface area contributed by atoms with E-state index in [4.69, 9.17) is 9.47 Å². The fourth-order valence-corrected chi connectivity index (χ4v) is 1.60. The van der Waals surface area contributed by atoms with Crippen molar-refractivity contribution in [3.05, 3.63) is 23.8 Å². The van der Waals surface area contributed by atoms with Crippen molar-refractivity contribution in [1.29, 1.82) is 0 Å². The Morgan fingerprint density at radius 2 is 2.19 bits per heavy atom. The summed E-state index contributed by atoms with van der Waals surface area (Å²) in [6.45, 7) is 2.48. The molecule has 3 heteroatoms. The van der Waals surface area contributed by atoms with Gasteiger partial charge in [-0.25, -0.2) is 0 Å². The Morgan fingerprint density at radius 3 is 2.75 bits per heavy atom. The van der Waals surface area contributed by atoms with Gasteiger partial charge >= 0.3 is 0 Å². The topological polar surface area (TPSA) is 38.7 Å². The van der Waals surface area contributed by atoms with E-state index >= 15 is 0 Å². The van der Waals surface area contributed by atoms with Crippen molar-refractivity contribution in [3.63, 3.8) is 0 Å². The molecule has 1 aromatic rings. The van der Waals surface area contributed by atoms with Crippen molar-refractivity contribution >= 4 is 0 Å². The van der Waals surface area contributed by atoms with Crippen molar-refractivity contribution in [2.45, 2.75) is 25.9 Å². The third kappa shape index (κ3) is 2.67. The number of hydrogen-bond donors (Lipinski definition) is 1. The van der Waals surface area contributed by atoms with Crippen LogP contribution < -0.4 is 9.47 Å². The molecule has 3 nitrogen and oxygen atoms in total. The molecule has 1 unspecified atom stereocenters. The van der Waals surface area contributed by atoms with Gasteiger partial charge in [-0.2, -0.15) is 0 Å². The molecule has 0 saturated heterocycles. The molecule has 0 amide bonds.